The first-order valence-corrected chi connectivity index (χ1v) is 7.76. The summed E-state index contributed by atoms with van der Waals surface area (Å²) in [5, 5.41) is 15.1. The van der Waals surface area contributed by atoms with Gasteiger partial charge >= 0.3 is 0 Å². The standard InChI is InChI=1S/C15H27N3O/c1-3-10-18-14(16-12-17-18)11-15(19)8-5-6-13(4-2)7-9-15/h12-13,19H,3-11H2,1-2H3. The van der Waals surface area contributed by atoms with E-state index in [-0.39, 0.29) is 0 Å². The summed E-state index contributed by atoms with van der Waals surface area (Å²) in [5.41, 5.74) is -0.567. The fourth-order valence-electron chi connectivity index (χ4n) is 3.16. The van der Waals surface area contributed by atoms with E-state index in [0.29, 0.717) is 6.42 Å². The van der Waals surface area contributed by atoms with Crippen LogP contribution in [0.4, 0.5) is 0 Å². The maximum Gasteiger partial charge on any atom is 0.138 e. The van der Waals surface area contributed by atoms with Gasteiger partial charge in [-0.1, -0.05) is 33.1 Å². The molecule has 4 heteroatoms. The molecule has 19 heavy (non-hydrogen) atoms. The highest BCUT2D eigenvalue weighted by Gasteiger charge is 2.32. The van der Waals surface area contributed by atoms with Crippen LogP contribution in [0.3, 0.4) is 0 Å². The van der Waals surface area contributed by atoms with E-state index in [4.69, 9.17) is 0 Å². The third-order valence-corrected chi connectivity index (χ3v) is 4.47. The molecule has 0 amide bonds. The Kier molecular flexibility index (Phi) is 4.97. The summed E-state index contributed by atoms with van der Waals surface area (Å²) < 4.78 is 1.94. The number of rotatable bonds is 5. The van der Waals surface area contributed by atoms with E-state index in [1.807, 2.05) is 4.68 Å². The van der Waals surface area contributed by atoms with E-state index >= 15 is 0 Å². The van der Waals surface area contributed by atoms with Gasteiger partial charge in [0, 0.05) is 13.0 Å². The van der Waals surface area contributed by atoms with Gasteiger partial charge in [0.15, 0.2) is 0 Å². The molecule has 1 fully saturated rings. The number of hydrogen-bond acceptors (Lipinski definition) is 3. The van der Waals surface area contributed by atoms with Crippen molar-refractivity contribution in [1.29, 1.82) is 0 Å². The monoisotopic (exact) mass is 265 g/mol. The topological polar surface area (TPSA) is 50.9 Å². The molecule has 0 aromatic carbocycles. The second-order valence-corrected chi connectivity index (χ2v) is 6.01. The van der Waals surface area contributed by atoms with Gasteiger partial charge in [0.1, 0.15) is 12.2 Å². The first-order chi connectivity index (χ1) is 9.17. The van der Waals surface area contributed by atoms with Crippen molar-refractivity contribution in [2.75, 3.05) is 0 Å². The lowest BCUT2D eigenvalue weighted by atomic mass is 9.89. The lowest BCUT2D eigenvalue weighted by Crippen LogP contribution is -2.32. The molecule has 1 heterocycles. The third-order valence-electron chi connectivity index (χ3n) is 4.47. The summed E-state index contributed by atoms with van der Waals surface area (Å²) in [6.45, 7) is 5.29. The highest BCUT2D eigenvalue weighted by Crippen LogP contribution is 2.33. The second-order valence-electron chi connectivity index (χ2n) is 6.01. The van der Waals surface area contributed by atoms with Gasteiger partial charge in [0.25, 0.3) is 0 Å². The maximum absolute atomic E-state index is 10.8. The van der Waals surface area contributed by atoms with Crippen molar-refractivity contribution < 1.29 is 5.11 Å². The minimum atomic E-state index is -0.567. The summed E-state index contributed by atoms with van der Waals surface area (Å²) in [7, 11) is 0. The second kappa shape index (κ2) is 6.51. The van der Waals surface area contributed by atoms with E-state index in [1.165, 1.54) is 12.8 Å². The molecule has 1 N–H and O–H groups in total. The van der Waals surface area contributed by atoms with Gasteiger partial charge in [-0.25, -0.2) is 4.98 Å². The molecule has 1 aromatic heterocycles. The predicted molar refractivity (Wildman–Crippen MR) is 75.8 cm³/mol. The third kappa shape index (κ3) is 3.78. The highest BCUT2D eigenvalue weighted by molar-refractivity contribution is 4.96. The van der Waals surface area contributed by atoms with Gasteiger partial charge in [0.2, 0.25) is 0 Å². The van der Waals surface area contributed by atoms with Crippen LogP contribution in [0.2, 0.25) is 0 Å². The number of hydrogen-bond donors (Lipinski definition) is 1. The van der Waals surface area contributed by atoms with Crippen molar-refractivity contribution in [2.45, 2.75) is 77.4 Å². The molecule has 0 bridgehead atoms. The smallest absolute Gasteiger partial charge is 0.138 e. The summed E-state index contributed by atoms with van der Waals surface area (Å²) in [6.07, 6.45) is 9.91. The molecule has 0 aliphatic heterocycles. The van der Waals surface area contributed by atoms with Crippen LogP contribution >= 0.6 is 0 Å². The van der Waals surface area contributed by atoms with Crippen LogP contribution in [0.25, 0.3) is 0 Å². The van der Waals surface area contributed by atoms with Crippen molar-refractivity contribution >= 4 is 0 Å². The van der Waals surface area contributed by atoms with Crippen LogP contribution < -0.4 is 0 Å². The SMILES string of the molecule is CCCn1ncnc1CC1(O)CCCC(CC)CC1. The van der Waals surface area contributed by atoms with Gasteiger partial charge in [-0.2, -0.15) is 5.10 Å². The van der Waals surface area contributed by atoms with Crippen molar-refractivity contribution in [2.24, 2.45) is 5.92 Å². The molecule has 2 unspecified atom stereocenters. The number of aliphatic hydroxyl groups is 1. The van der Waals surface area contributed by atoms with Crippen LogP contribution in [0.1, 0.15) is 64.6 Å². The van der Waals surface area contributed by atoms with Crippen molar-refractivity contribution in [3.8, 4) is 0 Å². The highest BCUT2D eigenvalue weighted by atomic mass is 16.3. The molecule has 0 spiro atoms. The predicted octanol–water partition coefficient (Wildman–Crippen LogP) is 2.95. The Morgan fingerprint density at radius 2 is 2.21 bits per heavy atom. The molecule has 108 valence electrons. The van der Waals surface area contributed by atoms with Crippen molar-refractivity contribution in [3.63, 3.8) is 0 Å². The number of aryl methyl sites for hydroxylation is 1. The van der Waals surface area contributed by atoms with Crippen LogP contribution in [0.15, 0.2) is 6.33 Å². The van der Waals surface area contributed by atoms with Gasteiger partial charge < -0.3 is 5.11 Å². The molecule has 1 saturated carbocycles. The molecule has 0 radical (unpaired) electrons. The molecule has 1 aliphatic carbocycles. The zero-order chi connectivity index (χ0) is 13.7. The zero-order valence-corrected chi connectivity index (χ0v) is 12.3. The minimum absolute atomic E-state index is 0.567. The molecule has 2 atom stereocenters. The Morgan fingerprint density at radius 3 is 2.95 bits per heavy atom. The zero-order valence-electron chi connectivity index (χ0n) is 12.3. The average molecular weight is 265 g/mol. The summed E-state index contributed by atoms with van der Waals surface area (Å²) in [5.74, 6) is 1.74. The molecule has 2 rings (SSSR count). The lowest BCUT2D eigenvalue weighted by Gasteiger charge is -2.26. The first kappa shape index (κ1) is 14.5. The average Bonchev–Trinajstić information content (AvgIpc) is 2.72. The van der Waals surface area contributed by atoms with E-state index < -0.39 is 5.60 Å². The van der Waals surface area contributed by atoms with Gasteiger partial charge in [0.05, 0.1) is 5.60 Å². The Hall–Kier alpha value is -0.900. The van der Waals surface area contributed by atoms with E-state index in [0.717, 1.165) is 50.4 Å². The van der Waals surface area contributed by atoms with Crippen LogP contribution in [-0.2, 0) is 13.0 Å². The lowest BCUT2D eigenvalue weighted by molar-refractivity contribution is 0.0213. The quantitative estimate of drug-likeness (QED) is 0.833. The van der Waals surface area contributed by atoms with Crippen molar-refractivity contribution in [3.05, 3.63) is 12.2 Å². The maximum atomic E-state index is 10.8. The Labute approximate surface area is 116 Å². The molecule has 1 aliphatic rings. The Balaban J connectivity index is 2.01. The van der Waals surface area contributed by atoms with Gasteiger partial charge in [-0.05, 0) is 31.6 Å². The van der Waals surface area contributed by atoms with E-state index in [1.54, 1.807) is 6.33 Å². The van der Waals surface area contributed by atoms with Crippen molar-refractivity contribution in [1.82, 2.24) is 14.8 Å². The first-order valence-electron chi connectivity index (χ1n) is 7.76. The largest absolute Gasteiger partial charge is 0.389 e. The van der Waals surface area contributed by atoms with Gasteiger partial charge in [-0.15, -0.1) is 0 Å². The molecule has 4 nitrogen and oxygen atoms in total. The van der Waals surface area contributed by atoms with E-state index in [9.17, 15) is 5.11 Å². The van der Waals surface area contributed by atoms with Crippen LogP contribution in [0, 0.1) is 5.92 Å². The van der Waals surface area contributed by atoms with Crippen LogP contribution in [-0.4, -0.2) is 25.5 Å². The fourth-order valence-corrected chi connectivity index (χ4v) is 3.16. The number of aromatic nitrogens is 3. The molecule has 1 aromatic rings. The fraction of sp³-hybridized carbons (Fsp3) is 0.867. The molecular formula is C15H27N3O. The van der Waals surface area contributed by atoms with Gasteiger partial charge in [-0.3, -0.25) is 4.68 Å². The summed E-state index contributed by atoms with van der Waals surface area (Å²) in [6, 6.07) is 0. The Morgan fingerprint density at radius 1 is 1.37 bits per heavy atom. The minimum Gasteiger partial charge on any atom is -0.389 e. The molecule has 0 saturated heterocycles. The van der Waals surface area contributed by atoms with Crippen LogP contribution in [0.5, 0.6) is 0 Å². The van der Waals surface area contributed by atoms with E-state index in [2.05, 4.69) is 23.9 Å². The molecular weight excluding hydrogens is 238 g/mol. The summed E-state index contributed by atoms with van der Waals surface area (Å²) in [4.78, 5) is 4.34. The Bertz CT molecular complexity index is 390. The summed E-state index contributed by atoms with van der Waals surface area (Å²) >= 11 is 0. The number of nitrogens with zero attached hydrogens (tertiary/aromatic N) is 3. The normalized spacial score (nSPS) is 28.3.